The van der Waals surface area contributed by atoms with E-state index in [2.05, 4.69) is 24.1 Å². The largest absolute Gasteiger partial charge is 0.385 e. The summed E-state index contributed by atoms with van der Waals surface area (Å²) >= 11 is 0. The zero-order chi connectivity index (χ0) is 15.1. The molecule has 1 unspecified atom stereocenters. The van der Waals surface area contributed by atoms with Gasteiger partial charge in [0.05, 0.1) is 0 Å². The van der Waals surface area contributed by atoms with E-state index >= 15 is 0 Å². The van der Waals surface area contributed by atoms with Crippen LogP contribution in [0.25, 0.3) is 0 Å². The molecule has 4 nitrogen and oxygen atoms in total. The third-order valence-electron chi connectivity index (χ3n) is 4.03. The Hall–Kier alpha value is -1.58. The third kappa shape index (κ3) is 4.73. The third-order valence-corrected chi connectivity index (χ3v) is 4.03. The first-order valence-corrected chi connectivity index (χ1v) is 8.20. The lowest BCUT2D eigenvalue weighted by Crippen LogP contribution is -2.39. The molecule has 0 aromatic carbocycles. The highest BCUT2D eigenvalue weighted by Crippen LogP contribution is 2.18. The lowest BCUT2D eigenvalue weighted by molar-refractivity contribution is 0.0677. The average molecular weight is 289 g/mol. The number of nitrogens with zero attached hydrogens (tertiary/aromatic N) is 2. The molecule has 1 aromatic heterocycles. The van der Waals surface area contributed by atoms with Crippen molar-refractivity contribution in [2.75, 3.05) is 25.0 Å². The summed E-state index contributed by atoms with van der Waals surface area (Å²) in [6.45, 7) is 7.07. The first-order valence-electron chi connectivity index (χ1n) is 8.20. The van der Waals surface area contributed by atoms with Gasteiger partial charge in [0.1, 0.15) is 5.69 Å². The number of likely N-dealkylation sites (tertiary alicyclic amines) is 1. The molecule has 2 rings (SSSR count). The maximum absolute atomic E-state index is 12.5. The van der Waals surface area contributed by atoms with Gasteiger partial charge in [-0.2, -0.15) is 0 Å². The van der Waals surface area contributed by atoms with Crippen LogP contribution in [0, 0.1) is 5.92 Å². The highest BCUT2D eigenvalue weighted by atomic mass is 16.2. The van der Waals surface area contributed by atoms with E-state index in [-0.39, 0.29) is 5.91 Å². The number of piperidine rings is 1. The van der Waals surface area contributed by atoms with E-state index in [1.165, 1.54) is 19.3 Å². The topological polar surface area (TPSA) is 45.2 Å². The molecule has 1 atom stereocenters. The number of amides is 1. The first kappa shape index (κ1) is 15.8. The molecule has 0 aliphatic carbocycles. The molecule has 0 saturated carbocycles. The number of aromatic nitrogens is 1. The molecule has 0 radical (unpaired) electrons. The lowest BCUT2D eigenvalue weighted by atomic mass is 10.00. The SMILES string of the molecule is CCCCCNc1ccnc(C(=O)N2CCCC(C)C2)c1. The number of hydrogen-bond donors (Lipinski definition) is 1. The van der Waals surface area contributed by atoms with Gasteiger partial charge in [-0.3, -0.25) is 9.78 Å². The molecule has 2 heterocycles. The molecule has 1 aliphatic rings. The van der Waals surface area contributed by atoms with E-state index in [0.29, 0.717) is 11.6 Å². The summed E-state index contributed by atoms with van der Waals surface area (Å²) in [5.41, 5.74) is 1.55. The molecule has 1 saturated heterocycles. The van der Waals surface area contributed by atoms with Gasteiger partial charge in [0.15, 0.2) is 0 Å². The molecule has 0 spiro atoms. The standard InChI is InChI=1S/C17H27N3O/c1-3-4-5-9-18-15-8-10-19-16(12-15)17(21)20-11-6-7-14(2)13-20/h8,10,12,14H,3-7,9,11,13H2,1-2H3,(H,18,19). The smallest absolute Gasteiger partial charge is 0.272 e. The summed E-state index contributed by atoms with van der Waals surface area (Å²) in [6, 6.07) is 3.81. The second-order valence-corrected chi connectivity index (χ2v) is 6.06. The quantitative estimate of drug-likeness (QED) is 0.814. The number of nitrogens with one attached hydrogen (secondary N) is 1. The Morgan fingerprint density at radius 1 is 1.48 bits per heavy atom. The van der Waals surface area contributed by atoms with E-state index in [1.807, 2.05) is 17.0 Å². The average Bonchev–Trinajstić information content (AvgIpc) is 2.51. The number of pyridine rings is 1. The van der Waals surface area contributed by atoms with Gasteiger partial charge >= 0.3 is 0 Å². The fourth-order valence-electron chi connectivity index (χ4n) is 2.80. The number of rotatable bonds is 6. The predicted molar refractivity (Wildman–Crippen MR) is 86.6 cm³/mol. The van der Waals surface area contributed by atoms with Gasteiger partial charge in [-0.15, -0.1) is 0 Å². The fraction of sp³-hybridized carbons (Fsp3) is 0.647. The number of hydrogen-bond acceptors (Lipinski definition) is 3. The first-order chi connectivity index (χ1) is 10.2. The predicted octanol–water partition coefficient (Wildman–Crippen LogP) is 3.56. The molecule has 1 amide bonds. The fourth-order valence-corrected chi connectivity index (χ4v) is 2.80. The number of carbonyl (C=O) groups excluding carboxylic acids is 1. The van der Waals surface area contributed by atoms with Gasteiger partial charge in [0.25, 0.3) is 5.91 Å². The molecule has 0 bridgehead atoms. The molecule has 1 aliphatic heterocycles. The van der Waals surface area contributed by atoms with Crippen LogP contribution in [-0.2, 0) is 0 Å². The van der Waals surface area contributed by atoms with Crippen molar-refractivity contribution in [2.24, 2.45) is 5.92 Å². The second-order valence-electron chi connectivity index (χ2n) is 6.06. The van der Waals surface area contributed by atoms with Crippen molar-refractivity contribution < 1.29 is 4.79 Å². The summed E-state index contributed by atoms with van der Waals surface area (Å²) < 4.78 is 0. The van der Waals surface area contributed by atoms with Crippen LogP contribution in [0.3, 0.4) is 0 Å². The van der Waals surface area contributed by atoms with Gasteiger partial charge < -0.3 is 10.2 Å². The Labute approximate surface area is 127 Å². The number of anilines is 1. The van der Waals surface area contributed by atoms with Crippen LogP contribution in [0.1, 0.15) is 56.4 Å². The normalized spacial score (nSPS) is 18.6. The molecule has 21 heavy (non-hydrogen) atoms. The zero-order valence-corrected chi connectivity index (χ0v) is 13.3. The van der Waals surface area contributed by atoms with Gasteiger partial charge in [-0.05, 0) is 37.3 Å². The van der Waals surface area contributed by atoms with Gasteiger partial charge in [0, 0.05) is 31.5 Å². The lowest BCUT2D eigenvalue weighted by Gasteiger charge is -2.30. The van der Waals surface area contributed by atoms with Crippen molar-refractivity contribution in [1.82, 2.24) is 9.88 Å². The van der Waals surface area contributed by atoms with Crippen LogP contribution in [0.2, 0.25) is 0 Å². The summed E-state index contributed by atoms with van der Waals surface area (Å²) in [4.78, 5) is 18.7. The van der Waals surface area contributed by atoms with Crippen molar-refractivity contribution in [1.29, 1.82) is 0 Å². The van der Waals surface area contributed by atoms with Crippen LogP contribution in [-0.4, -0.2) is 35.4 Å². The van der Waals surface area contributed by atoms with Gasteiger partial charge in [-0.1, -0.05) is 26.7 Å². The summed E-state index contributed by atoms with van der Waals surface area (Å²) in [5, 5.41) is 3.38. The Morgan fingerprint density at radius 3 is 3.10 bits per heavy atom. The molecule has 116 valence electrons. The molecule has 1 fully saturated rings. The van der Waals surface area contributed by atoms with E-state index in [0.717, 1.165) is 38.2 Å². The minimum absolute atomic E-state index is 0.0683. The highest BCUT2D eigenvalue weighted by Gasteiger charge is 2.22. The van der Waals surface area contributed by atoms with Crippen molar-refractivity contribution in [3.63, 3.8) is 0 Å². The zero-order valence-electron chi connectivity index (χ0n) is 13.3. The maximum atomic E-state index is 12.5. The number of unbranched alkanes of at least 4 members (excludes halogenated alkanes) is 2. The molecule has 1 aromatic rings. The minimum atomic E-state index is 0.0683. The monoisotopic (exact) mass is 289 g/mol. The van der Waals surface area contributed by atoms with Gasteiger partial charge in [0.2, 0.25) is 0 Å². The summed E-state index contributed by atoms with van der Waals surface area (Å²) in [7, 11) is 0. The van der Waals surface area contributed by atoms with Crippen molar-refractivity contribution >= 4 is 11.6 Å². The van der Waals surface area contributed by atoms with E-state index in [1.54, 1.807) is 6.20 Å². The van der Waals surface area contributed by atoms with E-state index in [4.69, 9.17) is 0 Å². The van der Waals surface area contributed by atoms with Crippen LogP contribution in [0.5, 0.6) is 0 Å². The Balaban J connectivity index is 1.94. The Bertz CT molecular complexity index is 461. The van der Waals surface area contributed by atoms with Crippen molar-refractivity contribution in [2.45, 2.75) is 46.0 Å². The Kier molecular flexibility index (Phi) is 6.03. The second kappa shape index (κ2) is 8.01. The molecular weight excluding hydrogens is 262 g/mol. The molecular formula is C17H27N3O. The number of carbonyl (C=O) groups is 1. The minimum Gasteiger partial charge on any atom is -0.385 e. The highest BCUT2D eigenvalue weighted by molar-refractivity contribution is 5.93. The van der Waals surface area contributed by atoms with Crippen LogP contribution < -0.4 is 5.32 Å². The van der Waals surface area contributed by atoms with Crippen LogP contribution in [0.15, 0.2) is 18.3 Å². The van der Waals surface area contributed by atoms with E-state index in [9.17, 15) is 4.79 Å². The molecule has 1 N–H and O–H groups in total. The maximum Gasteiger partial charge on any atom is 0.272 e. The van der Waals surface area contributed by atoms with Crippen LogP contribution in [0.4, 0.5) is 5.69 Å². The summed E-state index contributed by atoms with van der Waals surface area (Å²) in [5.74, 6) is 0.664. The van der Waals surface area contributed by atoms with Crippen molar-refractivity contribution in [3.05, 3.63) is 24.0 Å². The van der Waals surface area contributed by atoms with Crippen molar-refractivity contribution in [3.8, 4) is 0 Å². The van der Waals surface area contributed by atoms with Crippen LogP contribution >= 0.6 is 0 Å². The molecule has 4 heteroatoms. The van der Waals surface area contributed by atoms with Gasteiger partial charge in [-0.25, -0.2) is 0 Å². The Morgan fingerprint density at radius 2 is 2.33 bits per heavy atom. The van der Waals surface area contributed by atoms with E-state index < -0.39 is 0 Å². The summed E-state index contributed by atoms with van der Waals surface area (Å²) in [6.07, 6.45) is 7.65.